The minimum absolute atomic E-state index is 0.0263. The molecule has 1 amide bonds. The molecular formula is C11H18BrNO. The largest absolute Gasteiger partial charge is 0.355 e. The van der Waals surface area contributed by atoms with Crippen LogP contribution in [0, 0.1) is 5.92 Å². The average molecular weight is 260 g/mol. The lowest BCUT2D eigenvalue weighted by Gasteiger charge is -2.18. The van der Waals surface area contributed by atoms with Gasteiger partial charge in [-0.1, -0.05) is 35.0 Å². The Kier molecular flexibility index (Phi) is 5.23. The van der Waals surface area contributed by atoms with E-state index < -0.39 is 0 Å². The SMILES string of the molecule is CCC(Br)C(=O)NCC1CC=CCC1. The highest BCUT2D eigenvalue weighted by Gasteiger charge is 2.15. The normalized spacial score (nSPS) is 23.1. The molecule has 14 heavy (non-hydrogen) atoms. The zero-order valence-corrected chi connectivity index (χ0v) is 10.2. The van der Waals surface area contributed by atoms with Crippen molar-refractivity contribution in [1.29, 1.82) is 0 Å². The monoisotopic (exact) mass is 259 g/mol. The molecule has 0 aromatic carbocycles. The van der Waals surface area contributed by atoms with E-state index in [1.165, 1.54) is 6.42 Å². The minimum Gasteiger partial charge on any atom is -0.355 e. The van der Waals surface area contributed by atoms with Crippen molar-refractivity contribution in [3.8, 4) is 0 Å². The van der Waals surface area contributed by atoms with Crippen LogP contribution in [0.15, 0.2) is 12.2 Å². The third-order valence-corrected chi connectivity index (χ3v) is 3.65. The number of allylic oxidation sites excluding steroid dienone is 2. The van der Waals surface area contributed by atoms with Crippen LogP contribution in [-0.2, 0) is 4.79 Å². The number of hydrogen-bond acceptors (Lipinski definition) is 1. The van der Waals surface area contributed by atoms with Gasteiger partial charge in [-0.05, 0) is 31.6 Å². The molecule has 0 fully saturated rings. The van der Waals surface area contributed by atoms with Crippen molar-refractivity contribution < 1.29 is 4.79 Å². The summed E-state index contributed by atoms with van der Waals surface area (Å²) in [5.74, 6) is 0.766. The molecule has 1 aliphatic rings. The highest BCUT2D eigenvalue weighted by Crippen LogP contribution is 2.17. The van der Waals surface area contributed by atoms with Crippen LogP contribution in [0.2, 0.25) is 0 Å². The summed E-state index contributed by atoms with van der Waals surface area (Å²) >= 11 is 3.34. The summed E-state index contributed by atoms with van der Waals surface area (Å²) in [5, 5.41) is 2.98. The summed E-state index contributed by atoms with van der Waals surface area (Å²) in [4.78, 5) is 11.4. The summed E-state index contributed by atoms with van der Waals surface area (Å²) in [6.45, 7) is 2.83. The topological polar surface area (TPSA) is 29.1 Å². The first-order valence-electron chi connectivity index (χ1n) is 5.30. The first-order chi connectivity index (χ1) is 6.74. The maximum atomic E-state index is 11.4. The van der Waals surface area contributed by atoms with Gasteiger partial charge in [0.1, 0.15) is 0 Å². The fourth-order valence-electron chi connectivity index (χ4n) is 1.58. The van der Waals surface area contributed by atoms with Crippen LogP contribution in [0.1, 0.15) is 32.6 Å². The minimum atomic E-state index is -0.0263. The molecule has 1 aliphatic carbocycles. The summed E-state index contributed by atoms with van der Waals surface area (Å²) in [5.41, 5.74) is 0. The van der Waals surface area contributed by atoms with Crippen molar-refractivity contribution in [2.75, 3.05) is 6.54 Å². The second-order valence-corrected chi connectivity index (χ2v) is 4.88. The Morgan fingerprint density at radius 3 is 3.00 bits per heavy atom. The van der Waals surface area contributed by atoms with E-state index in [1.807, 2.05) is 6.92 Å². The van der Waals surface area contributed by atoms with Crippen molar-refractivity contribution in [3.05, 3.63) is 12.2 Å². The van der Waals surface area contributed by atoms with E-state index in [0.717, 1.165) is 25.8 Å². The average Bonchev–Trinajstić information content (AvgIpc) is 2.26. The Morgan fingerprint density at radius 2 is 2.43 bits per heavy atom. The van der Waals surface area contributed by atoms with Crippen LogP contribution in [-0.4, -0.2) is 17.3 Å². The van der Waals surface area contributed by atoms with Gasteiger partial charge in [-0.25, -0.2) is 0 Å². The summed E-state index contributed by atoms with van der Waals surface area (Å²) < 4.78 is 0. The van der Waals surface area contributed by atoms with Gasteiger partial charge < -0.3 is 5.32 Å². The van der Waals surface area contributed by atoms with E-state index in [0.29, 0.717) is 5.92 Å². The van der Waals surface area contributed by atoms with Crippen LogP contribution in [0.25, 0.3) is 0 Å². The Labute approximate surface area is 94.3 Å². The fraction of sp³-hybridized carbons (Fsp3) is 0.727. The molecule has 0 spiro atoms. The van der Waals surface area contributed by atoms with E-state index in [4.69, 9.17) is 0 Å². The predicted molar refractivity (Wildman–Crippen MR) is 62.5 cm³/mol. The number of carbonyl (C=O) groups excluding carboxylic acids is 1. The lowest BCUT2D eigenvalue weighted by molar-refractivity contribution is -0.120. The molecule has 1 rings (SSSR count). The quantitative estimate of drug-likeness (QED) is 0.611. The van der Waals surface area contributed by atoms with E-state index in [-0.39, 0.29) is 10.7 Å². The maximum absolute atomic E-state index is 11.4. The third-order valence-electron chi connectivity index (χ3n) is 2.59. The van der Waals surface area contributed by atoms with E-state index in [2.05, 4.69) is 33.4 Å². The van der Waals surface area contributed by atoms with Crippen LogP contribution in [0.3, 0.4) is 0 Å². The van der Waals surface area contributed by atoms with Gasteiger partial charge in [0.05, 0.1) is 4.83 Å². The first kappa shape index (κ1) is 11.8. The van der Waals surface area contributed by atoms with Gasteiger partial charge in [0.25, 0.3) is 0 Å². The van der Waals surface area contributed by atoms with Crippen molar-refractivity contribution in [3.63, 3.8) is 0 Å². The molecule has 2 nitrogen and oxygen atoms in total. The Bertz CT molecular complexity index is 215. The molecule has 0 aliphatic heterocycles. The molecule has 0 aromatic rings. The van der Waals surface area contributed by atoms with E-state index in [1.54, 1.807) is 0 Å². The van der Waals surface area contributed by atoms with Crippen LogP contribution < -0.4 is 5.32 Å². The molecule has 0 aromatic heterocycles. The van der Waals surface area contributed by atoms with Crippen molar-refractivity contribution in [1.82, 2.24) is 5.32 Å². The molecule has 0 bridgehead atoms. The standard InChI is InChI=1S/C11H18BrNO/c1-2-10(12)11(14)13-8-9-6-4-3-5-7-9/h3-4,9-10H,2,5-8H2,1H3,(H,13,14). The lowest BCUT2D eigenvalue weighted by atomic mass is 9.94. The van der Waals surface area contributed by atoms with Gasteiger partial charge in [-0.3, -0.25) is 4.79 Å². The predicted octanol–water partition coefficient (Wildman–Crippen LogP) is 2.63. The van der Waals surface area contributed by atoms with Gasteiger partial charge in [-0.15, -0.1) is 0 Å². The number of carbonyl (C=O) groups is 1. The maximum Gasteiger partial charge on any atom is 0.233 e. The smallest absolute Gasteiger partial charge is 0.233 e. The fourth-order valence-corrected chi connectivity index (χ4v) is 1.74. The second-order valence-electron chi connectivity index (χ2n) is 3.77. The molecule has 3 heteroatoms. The van der Waals surface area contributed by atoms with Crippen molar-refractivity contribution in [2.24, 2.45) is 5.92 Å². The number of halogens is 1. The molecule has 2 atom stereocenters. The molecule has 1 N–H and O–H groups in total. The van der Waals surface area contributed by atoms with Gasteiger partial charge in [0.2, 0.25) is 5.91 Å². The summed E-state index contributed by atoms with van der Waals surface area (Å²) in [6.07, 6.45) is 8.75. The van der Waals surface area contributed by atoms with Gasteiger partial charge >= 0.3 is 0 Å². The number of nitrogens with one attached hydrogen (secondary N) is 1. The van der Waals surface area contributed by atoms with Crippen LogP contribution >= 0.6 is 15.9 Å². The highest BCUT2D eigenvalue weighted by atomic mass is 79.9. The number of hydrogen-bond donors (Lipinski definition) is 1. The Balaban J connectivity index is 2.19. The highest BCUT2D eigenvalue weighted by molar-refractivity contribution is 9.10. The number of rotatable bonds is 4. The Hall–Kier alpha value is -0.310. The number of alkyl halides is 1. The summed E-state index contributed by atoms with van der Waals surface area (Å²) in [7, 11) is 0. The van der Waals surface area contributed by atoms with Crippen molar-refractivity contribution >= 4 is 21.8 Å². The number of amides is 1. The molecule has 0 heterocycles. The van der Waals surface area contributed by atoms with Crippen LogP contribution in [0.4, 0.5) is 0 Å². The van der Waals surface area contributed by atoms with Gasteiger partial charge in [0.15, 0.2) is 0 Å². The van der Waals surface area contributed by atoms with Crippen LogP contribution in [0.5, 0.6) is 0 Å². The Morgan fingerprint density at radius 1 is 1.64 bits per heavy atom. The molecule has 0 radical (unpaired) electrons. The third kappa shape index (κ3) is 3.82. The molecule has 80 valence electrons. The first-order valence-corrected chi connectivity index (χ1v) is 6.22. The lowest BCUT2D eigenvalue weighted by Crippen LogP contribution is -2.34. The zero-order valence-electron chi connectivity index (χ0n) is 8.63. The molecule has 0 saturated carbocycles. The molecular weight excluding hydrogens is 242 g/mol. The van der Waals surface area contributed by atoms with E-state index >= 15 is 0 Å². The van der Waals surface area contributed by atoms with Gasteiger partial charge in [0, 0.05) is 6.54 Å². The summed E-state index contributed by atoms with van der Waals surface area (Å²) in [6, 6.07) is 0. The molecule has 2 unspecified atom stereocenters. The second kappa shape index (κ2) is 6.23. The van der Waals surface area contributed by atoms with E-state index in [9.17, 15) is 4.79 Å². The zero-order chi connectivity index (χ0) is 10.4. The van der Waals surface area contributed by atoms with Gasteiger partial charge in [-0.2, -0.15) is 0 Å². The van der Waals surface area contributed by atoms with Crippen molar-refractivity contribution in [2.45, 2.75) is 37.4 Å². The molecule has 0 saturated heterocycles.